The summed E-state index contributed by atoms with van der Waals surface area (Å²) in [6, 6.07) is 1.40. The van der Waals surface area contributed by atoms with Crippen LogP contribution in [-0.2, 0) is 6.18 Å². The highest BCUT2D eigenvalue weighted by Crippen LogP contribution is 2.41. The van der Waals surface area contributed by atoms with Gasteiger partial charge in [0.25, 0.3) is 0 Å². The normalized spacial score (nSPS) is 21.7. The first-order valence-electron chi connectivity index (χ1n) is 6.03. The van der Waals surface area contributed by atoms with E-state index in [1.54, 1.807) is 10.8 Å². The van der Waals surface area contributed by atoms with Gasteiger partial charge in [-0.15, -0.1) is 0 Å². The molecule has 1 aliphatic rings. The quantitative estimate of drug-likeness (QED) is 0.678. The lowest BCUT2D eigenvalue weighted by molar-refractivity contribution is -0.137. The minimum Gasteiger partial charge on any atom is -0.351 e. The van der Waals surface area contributed by atoms with E-state index in [0.717, 1.165) is 25.7 Å². The van der Waals surface area contributed by atoms with Crippen molar-refractivity contribution < 1.29 is 13.2 Å². The van der Waals surface area contributed by atoms with Crippen LogP contribution in [0.2, 0.25) is 0 Å². The van der Waals surface area contributed by atoms with Gasteiger partial charge in [0.15, 0.2) is 0 Å². The van der Waals surface area contributed by atoms with Crippen molar-refractivity contribution in [2.75, 3.05) is 0 Å². The van der Waals surface area contributed by atoms with Gasteiger partial charge in [0.1, 0.15) is 0 Å². The van der Waals surface area contributed by atoms with E-state index in [1.165, 1.54) is 12.3 Å². The van der Waals surface area contributed by atoms with E-state index in [4.69, 9.17) is 0 Å². The predicted molar refractivity (Wildman–Crippen MR) is 60.7 cm³/mol. The fourth-order valence-electron chi connectivity index (χ4n) is 2.49. The second kappa shape index (κ2) is 4.07. The predicted octanol–water partition coefficient (Wildman–Crippen LogP) is 4.65. The molecule has 0 radical (unpaired) electrons. The Hall–Kier alpha value is -0.930. The zero-order valence-corrected chi connectivity index (χ0v) is 10.2. The first-order valence-corrected chi connectivity index (χ1v) is 6.03. The monoisotopic (exact) mass is 245 g/mol. The molecule has 1 aliphatic carbocycles. The largest absolute Gasteiger partial charge is 0.417 e. The molecule has 0 N–H and O–H groups in total. The molecule has 17 heavy (non-hydrogen) atoms. The highest BCUT2D eigenvalue weighted by Gasteiger charge is 2.33. The van der Waals surface area contributed by atoms with Crippen molar-refractivity contribution in [3.63, 3.8) is 0 Å². The summed E-state index contributed by atoms with van der Waals surface area (Å²) in [4.78, 5) is 0. The molecule has 0 aromatic carbocycles. The molecule has 2 rings (SSSR count). The van der Waals surface area contributed by atoms with Gasteiger partial charge in [-0.1, -0.05) is 13.8 Å². The lowest BCUT2D eigenvalue weighted by Crippen LogP contribution is -2.22. The van der Waals surface area contributed by atoms with Crippen LogP contribution in [0.5, 0.6) is 0 Å². The summed E-state index contributed by atoms with van der Waals surface area (Å²) in [7, 11) is 0. The van der Waals surface area contributed by atoms with E-state index in [9.17, 15) is 13.2 Å². The van der Waals surface area contributed by atoms with Crippen molar-refractivity contribution in [3.05, 3.63) is 24.0 Å². The Kier molecular flexibility index (Phi) is 3.00. The summed E-state index contributed by atoms with van der Waals surface area (Å²) in [5.41, 5.74) is -0.196. The third-order valence-corrected chi connectivity index (χ3v) is 3.77. The van der Waals surface area contributed by atoms with Gasteiger partial charge in [-0.2, -0.15) is 13.2 Å². The van der Waals surface area contributed by atoms with Gasteiger partial charge in [-0.3, -0.25) is 0 Å². The van der Waals surface area contributed by atoms with Crippen molar-refractivity contribution in [2.45, 2.75) is 51.7 Å². The van der Waals surface area contributed by atoms with Crippen LogP contribution in [0.3, 0.4) is 0 Å². The van der Waals surface area contributed by atoms with Gasteiger partial charge in [-0.25, -0.2) is 0 Å². The Balaban J connectivity index is 2.07. The number of aromatic nitrogens is 1. The van der Waals surface area contributed by atoms with Crippen LogP contribution in [0.25, 0.3) is 0 Å². The molecule has 0 amide bonds. The zero-order valence-electron chi connectivity index (χ0n) is 10.2. The van der Waals surface area contributed by atoms with Crippen LogP contribution >= 0.6 is 0 Å². The van der Waals surface area contributed by atoms with Gasteiger partial charge in [0, 0.05) is 18.4 Å². The van der Waals surface area contributed by atoms with Gasteiger partial charge in [-0.05, 0) is 37.2 Å². The third kappa shape index (κ3) is 2.85. The highest BCUT2D eigenvalue weighted by atomic mass is 19.4. The average Bonchev–Trinajstić information content (AvgIpc) is 2.66. The number of hydrogen-bond donors (Lipinski definition) is 0. The lowest BCUT2D eigenvalue weighted by atomic mass is 9.75. The molecule has 1 saturated carbocycles. The summed E-state index contributed by atoms with van der Waals surface area (Å²) in [6.07, 6.45) is 2.68. The van der Waals surface area contributed by atoms with E-state index in [-0.39, 0.29) is 6.04 Å². The van der Waals surface area contributed by atoms with E-state index in [1.807, 2.05) is 0 Å². The molecule has 4 heteroatoms. The van der Waals surface area contributed by atoms with Crippen LogP contribution < -0.4 is 0 Å². The van der Waals surface area contributed by atoms with E-state index in [0.29, 0.717) is 5.41 Å². The first-order chi connectivity index (χ1) is 7.78. The van der Waals surface area contributed by atoms with Crippen LogP contribution in [0, 0.1) is 5.41 Å². The van der Waals surface area contributed by atoms with Crippen LogP contribution in [0.15, 0.2) is 18.5 Å². The van der Waals surface area contributed by atoms with Crippen LogP contribution in [0.1, 0.15) is 51.1 Å². The summed E-state index contributed by atoms with van der Waals surface area (Å²) in [5, 5.41) is 0. The smallest absolute Gasteiger partial charge is 0.351 e. The van der Waals surface area contributed by atoms with Crippen molar-refractivity contribution in [1.29, 1.82) is 0 Å². The number of rotatable bonds is 1. The summed E-state index contributed by atoms with van der Waals surface area (Å²) < 4.78 is 39.2. The van der Waals surface area contributed by atoms with Crippen LogP contribution in [-0.4, -0.2) is 4.57 Å². The highest BCUT2D eigenvalue weighted by molar-refractivity contribution is 5.15. The molecular formula is C13H18F3N. The van der Waals surface area contributed by atoms with E-state index < -0.39 is 11.7 Å². The molecule has 0 aliphatic heterocycles. The van der Waals surface area contributed by atoms with Gasteiger partial charge >= 0.3 is 6.18 Å². The molecule has 1 heterocycles. The second-order valence-electron chi connectivity index (χ2n) is 5.74. The fraction of sp³-hybridized carbons (Fsp3) is 0.692. The van der Waals surface area contributed by atoms with Gasteiger partial charge < -0.3 is 4.57 Å². The molecule has 1 aromatic heterocycles. The molecule has 0 atom stereocenters. The molecule has 0 unspecified atom stereocenters. The molecule has 0 spiro atoms. The fourth-order valence-corrected chi connectivity index (χ4v) is 2.49. The average molecular weight is 245 g/mol. The second-order valence-corrected chi connectivity index (χ2v) is 5.74. The minimum absolute atomic E-state index is 0.235. The maximum Gasteiger partial charge on any atom is 0.417 e. The standard InChI is InChI=1S/C13H18F3N/c1-12(2)6-3-11(4-7-12)17-8-5-10(9-17)13(14,15)16/h5,8-9,11H,3-4,6-7H2,1-2H3. The number of halogens is 3. The molecule has 0 bridgehead atoms. The summed E-state index contributed by atoms with van der Waals surface area (Å²) >= 11 is 0. The summed E-state index contributed by atoms with van der Waals surface area (Å²) in [5.74, 6) is 0. The Morgan fingerprint density at radius 1 is 1.24 bits per heavy atom. The number of alkyl halides is 3. The lowest BCUT2D eigenvalue weighted by Gasteiger charge is -2.35. The molecule has 1 nitrogen and oxygen atoms in total. The Morgan fingerprint density at radius 3 is 2.29 bits per heavy atom. The maximum absolute atomic E-state index is 12.5. The maximum atomic E-state index is 12.5. The molecule has 96 valence electrons. The number of nitrogens with zero attached hydrogens (tertiary/aromatic N) is 1. The number of hydrogen-bond acceptors (Lipinski definition) is 0. The summed E-state index contributed by atoms with van der Waals surface area (Å²) in [6.45, 7) is 4.44. The SMILES string of the molecule is CC1(C)CCC(n2ccc(C(F)(F)F)c2)CC1. The Bertz CT molecular complexity index is 380. The Labute approximate surface area is 99.6 Å². The van der Waals surface area contributed by atoms with E-state index in [2.05, 4.69) is 13.8 Å². The molecule has 1 aromatic rings. The molecule has 0 saturated heterocycles. The third-order valence-electron chi connectivity index (χ3n) is 3.77. The molecule has 1 fully saturated rings. The Morgan fingerprint density at radius 2 is 1.82 bits per heavy atom. The van der Waals surface area contributed by atoms with Gasteiger partial charge in [0.2, 0.25) is 0 Å². The minimum atomic E-state index is -4.22. The van der Waals surface area contributed by atoms with Gasteiger partial charge in [0.05, 0.1) is 5.56 Å². The van der Waals surface area contributed by atoms with Crippen molar-refractivity contribution in [1.82, 2.24) is 4.57 Å². The van der Waals surface area contributed by atoms with Crippen molar-refractivity contribution in [3.8, 4) is 0 Å². The van der Waals surface area contributed by atoms with Crippen LogP contribution in [0.4, 0.5) is 13.2 Å². The zero-order chi connectivity index (χ0) is 12.7. The first kappa shape index (κ1) is 12.5. The van der Waals surface area contributed by atoms with E-state index >= 15 is 0 Å². The topological polar surface area (TPSA) is 4.93 Å². The van der Waals surface area contributed by atoms with Crippen molar-refractivity contribution in [2.24, 2.45) is 5.41 Å². The molecular weight excluding hydrogens is 227 g/mol. The van der Waals surface area contributed by atoms with Crippen molar-refractivity contribution >= 4 is 0 Å².